The summed E-state index contributed by atoms with van der Waals surface area (Å²) < 4.78 is 2.89. The van der Waals surface area contributed by atoms with Gasteiger partial charge < -0.3 is 10.6 Å². The molecule has 0 aliphatic carbocycles. The second-order valence-electron chi connectivity index (χ2n) is 5.67. The third-order valence-corrected chi connectivity index (χ3v) is 6.67. The Bertz CT molecular complexity index is 1120. The first-order valence-electron chi connectivity index (χ1n) is 8.03. The summed E-state index contributed by atoms with van der Waals surface area (Å²) in [6.45, 7) is 1.45. The number of rotatable bonds is 5. The van der Waals surface area contributed by atoms with Crippen molar-refractivity contribution < 1.29 is 9.59 Å². The van der Waals surface area contributed by atoms with Crippen molar-refractivity contribution in [3.05, 3.63) is 42.5 Å². The van der Waals surface area contributed by atoms with E-state index in [1.807, 2.05) is 36.4 Å². The number of thioether (sulfide) groups is 1. The Morgan fingerprint density at radius 1 is 1.00 bits per heavy atom. The average molecular weight is 415 g/mol. The molecular weight excluding hydrogens is 400 g/mol. The van der Waals surface area contributed by atoms with Crippen LogP contribution in [0.3, 0.4) is 0 Å². The molecule has 0 atom stereocenters. The van der Waals surface area contributed by atoms with E-state index in [0.29, 0.717) is 10.8 Å². The lowest BCUT2D eigenvalue weighted by atomic mass is 10.3. The molecule has 136 valence electrons. The largest absolute Gasteiger partial charge is 0.325 e. The number of para-hydroxylation sites is 1. The van der Waals surface area contributed by atoms with Crippen molar-refractivity contribution in [1.29, 1.82) is 0 Å². The van der Waals surface area contributed by atoms with Gasteiger partial charge in [0.1, 0.15) is 0 Å². The van der Waals surface area contributed by atoms with Gasteiger partial charge in [-0.3, -0.25) is 9.59 Å². The van der Waals surface area contributed by atoms with Gasteiger partial charge in [0, 0.05) is 12.6 Å². The van der Waals surface area contributed by atoms with Crippen LogP contribution in [0.4, 0.5) is 10.8 Å². The van der Waals surface area contributed by atoms with Gasteiger partial charge in [0.05, 0.1) is 26.2 Å². The molecule has 2 aromatic heterocycles. The summed E-state index contributed by atoms with van der Waals surface area (Å²) >= 11 is 4.38. The second kappa shape index (κ2) is 7.63. The zero-order valence-corrected chi connectivity index (χ0v) is 16.6. The molecule has 2 N–H and O–H groups in total. The zero-order chi connectivity index (χ0) is 18.8. The summed E-state index contributed by atoms with van der Waals surface area (Å²) in [5.41, 5.74) is 2.44. The number of aromatic nitrogens is 2. The van der Waals surface area contributed by atoms with Crippen molar-refractivity contribution >= 4 is 77.5 Å². The van der Waals surface area contributed by atoms with Gasteiger partial charge in [0.15, 0.2) is 9.47 Å². The number of benzene rings is 2. The van der Waals surface area contributed by atoms with Crippen molar-refractivity contribution in [3.8, 4) is 0 Å². The number of nitrogens with zero attached hydrogens (tertiary/aromatic N) is 2. The van der Waals surface area contributed by atoms with Crippen LogP contribution in [0, 0.1) is 0 Å². The van der Waals surface area contributed by atoms with E-state index in [4.69, 9.17) is 0 Å². The summed E-state index contributed by atoms with van der Waals surface area (Å²) in [5.74, 6) is 0.0391. The predicted octanol–water partition coefficient (Wildman–Crippen LogP) is 4.60. The number of hydrogen-bond acceptors (Lipinski definition) is 7. The quantitative estimate of drug-likeness (QED) is 0.467. The second-order valence-corrected chi connectivity index (χ2v) is 8.95. The zero-order valence-electron chi connectivity index (χ0n) is 14.2. The first-order valence-corrected chi connectivity index (χ1v) is 10.6. The molecule has 2 heterocycles. The van der Waals surface area contributed by atoms with Gasteiger partial charge in [0.25, 0.3) is 0 Å². The van der Waals surface area contributed by atoms with Gasteiger partial charge in [-0.25, -0.2) is 9.97 Å². The SMILES string of the molecule is CC(=O)Nc1nc2ccc(NC(=O)CSc3nc4ccccc4s3)cc2s1. The van der Waals surface area contributed by atoms with Crippen LogP contribution in [0.5, 0.6) is 0 Å². The molecule has 0 fully saturated rings. The van der Waals surface area contributed by atoms with Crippen LogP contribution in [0.25, 0.3) is 20.4 Å². The fourth-order valence-electron chi connectivity index (χ4n) is 2.44. The number of carbonyl (C=O) groups excluding carboxylic acids is 2. The molecule has 0 aliphatic heterocycles. The number of hydrogen-bond donors (Lipinski definition) is 2. The Morgan fingerprint density at radius 3 is 2.63 bits per heavy atom. The van der Waals surface area contributed by atoms with Crippen molar-refractivity contribution in [2.24, 2.45) is 0 Å². The molecule has 2 aromatic carbocycles. The molecule has 4 aromatic rings. The third-order valence-electron chi connectivity index (χ3n) is 3.56. The van der Waals surface area contributed by atoms with Gasteiger partial charge in [-0.15, -0.1) is 11.3 Å². The van der Waals surface area contributed by atoms with Crippen molar-refractivity contribution in [1.82, 2.24) is 9.97 Å². The van der Waals surface area contributed by atoms with Crippen LogP contribution in [-0.4, -0.2) is 27.5 Å². The first kappa shape index (κ1) is 17.9. The summed E-state index contributed by atoms with van der Waals surface area (Å²) in [4.78, 5) is 32.3. The highest BCUT2D eigenvalue weighted by Crippen LogP contribution is 2.30. The maximum atomic E-state index is 12.3. The lowest BCUT2D eigenvalue weighted by Gasteiger charge is -2.03. The average Bonchev–Trinajstić information content (AvgIpc) is 3.21. The Labute approximate surface area is 167 Å². The third kappa shape index (κ3) is 4.26. The number of carbonyl (C=O) groups is 2. The summed E-state index contributed by atoms with van der Waals surface area (Å²) in [6, 6.07) is 13.4. The minimum atomic E-state index is -0.158. The molecular formula is C18H14N4O2S3. The first-order chi connectivity index (χ1) is 13.1. The molecule has 9 heteroatoms. The minimum absolute atomic E-state index is 0.0924. The van der Waals surface area contributed by atoms with Gasteiger partial charge in [-0.2, -0.15) is 0 Å². The fourth-order valence-corrected chi connectivity index (χ4v) is 5.26. The summed E-state index contributed by atoms with van der Waals surface area (Å²) in [5, 5.41) is 6.12. The maximum Gasteiger partial charge on any atom is 0.234 e. The monoisotopic (exact) mass is 414 g/mol. The van der Waals surface area contributed by atoms with E-state index in [-0.39, 0.29) is 17.6 Å². The van der Waals surface area contributed by atoms with E-state index < -0.39 is 0 Å². The smallest absolute Gasteiger partial charge is 0.234 e. The Morgan fingerprint density at radius 2 is 1.81 bits per heavy atom. The lowest BCUT2D eigenvalue weighted by molar-refractivity contribution is -0.114. The van der Waals surface area contributed by atoms with Gasteiger partial charge in [-0.05, 0) is 30.3 Å². The predicted molar refractivity (Wildman–Crippen MR) is 113 cm³/mol. The van der Waals surface area contributed by atoms with Gasteiger partial charge in [0.2, 0.25) is 11.8 Å². The fraction of sp³-hybridized carbons (Fsp3) is 0.111. The molecule has 0 radical (unpaired) electrons. The highest BCUT2D eigenvalue weighted by atomic mass is 32.2. The number of amides is 2. The van der Waals surface area contributed by atoms with Crippen molar-refractivity contribution in [3.63, 3.8) is 0 Å². The standard InChI is InChI=1S/C18H14N4O2S3/c1-10(23)19-17-21-13-7-6-11(8-15(13)26-17)20-16(24)9-25-18-22-12-4-2-3-5-14(12)27-18/h2-8H,9H2,1H3,(H,20,24)(H,19,21,23). The maximum absolute atomic E-state index is 12.3. The van der Waals surface area contributed by atoms with E-state index >= 15 is 0 Å². The van der Waals surface area contributed by atoms with Gasteiger partial charge in [-0.1, -0.05) is 35.2 Å². The van der Waals surface area contributed by atoms with Gasteiger partial charge >= 0.3 is 0 Å². The van der Waals surface area contributed by atoms with E-state index in [2.05, 4.69) is 20.6 Å². The van der Waals surface area contributed by atoms with Crippen LogP contribution in [0.1, 0.15) is 6.92 Å². The number of nitrogens with one attached hydrogen (secondary N) is 2. The molecule has 27 heavy (non-hydrogen) atoms. The summed E-state index contributed by atoms with van der Waals surface area (Å²) in [7, 11) is 0. The topological polar surface area (TPSA) is 84.0 Å². The van der Waals surface area contributed by atoms with Crippen molar-refractivity contribution in [2.75, 3.05) is 16.4 Å². The molecule has 0 bridgehead atoms. The van der Waals surface area contributed by atoms with Crippen molar-refractivity contribution in [2.45, 2.75) is 11.3 Å². The molecule has 6 nitrogen and oxygen atoms in total. The Hall–Kier alpha value is -2.49. The number of thiazole rings is 2. The highest BCUT2D eigenvalue weighted by molar-refractivity contribution is 8.01. The van der Waals surface area contributed by atoms with Crippen LogP contribution in [0.2, 0.25) is 0 Å². The van der Waals surface area contributed by atoms with E-state index in [1.54, 1.807) is 17.4 Å². The molecule has 0 saturated heterocycles. The highest BCUT2D eigenvalue weighted by Gasteiger charge is 2.10. The van der Waals surface area contributed by atoms with Crippen LogP contribution >= 0.6 is 34.4 Å². The molecule has 0 unspecified atom stereocenters. The Balaban J connectivity index is 1.40. The Kier molecular flexibility index (Phi) is 5.06. The van der Waals surface area contributed by atoms with Crippen LogP contribution < -0.4 is 10.6 Å². The van der Waals surface area contributed by atoms with E-state index in [0.717, 1.165) is 24.8 Å². The van der Waals surface area contributed by atoms with Crippen LogP contribution in [0.15, 0.2) is 46.8 Å². The molecule has 0 aliphatic rings. The molecule has 4 rings (SSSR count). The minimum Gasteiger partial charge on any atom is -0.325 e. The van der Waals surface area contributed by atoms with E-state index in [1.165, 1.54) is 30.0 Å². The number of anilines is 2. The summed E-state index contributed by atoms with van der Waals surface area (Å²) in [6.07, 6.45) is 0. The molecule has 0 spiro atoms. The number of fused-ring (bicyclic) bond motifs is 2. The van der Waals surface area contributed by atoms with Crippen LogP contribution in [-0.2, 0) is 9.59 Å². The normalized spacial score (nSPS) is 11.0. The lowest BCUT2D eigenvalue weighted by Crippen LogP contribution is -2.13. The molecule has 2 amide bonds. The van der Waals surface area contributed by atoms with E-state index in [9.17, 15) is 9.59 Å². The molecule has 0 saturated carbocycles.